The predicted molar refractivity (Wildman–Crippen MR) is 70.0 cm³/mol. The van der Waals surface area contributed by atoms with Gasteiger partial charge in [-0.05, 0) is 36.6 Å². The van der Waals surface area contributed by atoms with Crippen molar-refractivity contribution in [2.24, 2.45) is 0 Å². The van der Waals surface area contributed by atoms with Crippen LogP contribution in [0.5, 0.6) is 5.75 Å². The smallest absolute Gasteiger partial charge is 0.122 e. The highest BCUT2D eigenvalue weighted by atomic mass is 35.5. The number of hydrogen-bond donors (Lipinski definition) is 0. The summed E-state index contributed by atoms with van der Waals surface area (Å²) in [6, 6.07) is 6.61. The molecule has 1 saturated heterocycles. The molecule has 0 spiro atoms. The van der Waals surface area contributed by atoms with E-state index >= 15 is 0 Å². The van der Waals surface area contributed by atoms with Crippen molar-refractivity contribution in [1.82, 2.24) is 4.90 Å². The lowest BCUT2D eigenvalue weighted by molar-refractivity contribution is 0.344. The number of alkyl halides is 1. The molecule has 0 N–H and O–H groups in total. The standard InChI is InChI=1S/C14H18ClNO/c15-13-4-7-16(10-13)6-3-11-1-2-14-12(9-11)5-8-17-14/h1-2,9,13H,3-8,10H2. The predicted octanol–water partition coefficient (Wildman–Crippen LogP) is 2.48. The number of rotatable bonds is 3. The number of nitrogens with zero attached hydrogens (tertiary/aromatic N) is 1. The van der Waals surface area contributed by atoms with Gasteiger partial charge in [-0.3, -0.25) is 0 Å². The minimum atomic E-state index is 0.364. The summed E-state index contributed by atoms with van der Waals surface area (Å²) in [7, 11) is 0. The van der Waals surface area contributed by atoms with Crippen LogP contribution in [0.25, 0.3) is 0 Å². The van der Waals surface area contributed by atoms with Crippen LogP contribution in [0.1, 0.15) is 17.5 Å². The van der Waals surface area contributed by atoms with E-state index in [-0.39, 0.29) is 0 Å². The zero-order chi connectivity index (χ0) is 11.7. The van der Waals surface area contributed by atoms with Crippen molar-refractivity contribution in [3.05, 3.63) is 29.3 Å². The molecule has 0 radical (unpaired) electrons. The molecule has 1 unspecified atom stereocenters. The van der Waals surface area contributed by atoms with E-state index in [1.165, 1.54) is 11.1 Å². The van der Waals surface area contributed by atoms with E-state index in [4.69, 9.17) is 16.3 Å². The third kappa shape index (κ3) is 2.58. The van der Waals surface area contributed by atoms with E-state index in [0.717, 1.165) is 51.3 Å². The van der Waals surface area contributed by atoms with Crippen molar-refractivity contribution >= 4 is 11.6 Å². The maximum Gasteiger partial charge on any atom is 0.122 e. The Hall–Kier alpha value is -0.730. The molecule has 2 nitrogen and oxygen atoms in total. The van der Waals surface area contributed by atoms with E-state index in [2.05, 4.69) is 23.1 Å². The van der Waals surface area contributed by atoms with Crippen LogP contribution in [0.3, 0.4) is 0 Å². The molecule has 1 fully saturated rings. The van der Waals surface area contributed by atoms with Crippen molar-refractivity contribution in [3.8, 4) is 5.75 Å². The second-order valence-electron chi connectivity index (χ2n) is 4.98. The van der Waals surface area contributed by atoms with E-state index in [9.17, 15) is 0 Å². The van der Waals surface area contributed by atoms with Crippen LogP contribution in [0.2, 0.25) is 0 Å². The highest BCUT2D eigenvalue weighted by Crippen LogP contribution is 2.26. The molecule has 2 aliphatic rings. The minimum Gasteiger partial charge on any atom is -0.493 e. The third-order valence-corrected chi connectivity index (χ3v) is 4.04. The van der Waals surface area contributed by atoms with Gasteiger partial charge in [0, 0.05) is 24.9 Å². The van der Waals surface area contributed by atoms with Crippen LogP contribution in [0.4, 0.5) is 0 Å². The molecule has 2 heterocycles. The SMILES string of the molecule is ClC1CCN(CCc2ccc3c(c2)CCO3)C1. The average molecular weight is 252 g/mol. The zero-order valence-electron chi connectivity index (χ0n) is 9.99. The number of hydrogen-bond acceptors (Lipinski definition) is 2. The van der Waals surface area contributed by atoms with Crippen molar-refractivity contribution in [2.75, 3.05) is 26.2 Å². The van der Waals surface area contributed by atoms with Gasteiger partial charge in [-0.25, -0.2) is 0 Å². The first-order valence-electron chi connectivity index (χ1n) is 6.42. The van der Waals surface area contributed by atoms with Crippen LogP contribution in [0.15, 0.2) is 18.2 Å². The first-order chi connectivity index (χ1) is 8.31. The van der Waals surface area contributed by atoms with Gasteiger partial charge in [0.15, 0.2) is 0 Å². The first kappa shape index (κ1) is 11.4. The molecule has 92 valence electrons. The Bertz CT molecular complexity index is 407. The molecule has 3 heteroatoms. The summed E-state index contributed by atoms with van der Waals surface area (Å²) in [5.74, 6) is 1.08. The fourth-order valence-electron chi connectivity index (χ4n) is 2.67. The summed E-state index contributed by atoms with van der Waals surface area (Å²) in [5, 5.41) is 0.364. The lowest BCUT2D eigenvalue weighted by atomic mass is 10.1. The number of ether oxygens (including phenoxy) is 1. The summed E-state index contributed by atoms with van der Waals surface area (Å²) in [6.45, 7) is 4.18. The highest BCUT2D eigenvalue weighted by molar-refractivity contribution is 6.20. The average Bonchev–Trinajstić information content (AvgIpc) is 2.94. The van der Waals surface area contributed by atoms with Crippen molar-refractivity contribution < 1.29 is 4.74 Å². The van der Waals surface area contributed by atoms with E-state index in [1.54, 1.807) is 0 Å². The second kappa shape index (κ2) is 4.87. The molecule has 17 heavy (non-hydrogen) atoms. The molecule has 1 aromatic carbocycles. The van der Waals surface area contributed by atoms with Crippen LogP contribution in [-0.2, 0) is 12.8 Å². The molecule has 0 aliphatic carbocycles. The molecule has 2 aliphatic heterocycles. The number of benzene rings is 1. The van der Waals surface area contributed by atoms with Gasteiger partial charge in [0.2, 0.25) is 0 Å². The van der Waals surface area contributed by atoms with Crippen molar-refractivity contribution in [2.45, 2.75) is 24.6 Å². The van der Waals surface area contributed by atoms with E-state index in [1.807, 2.05) is 0 Å². The van der Waals surface area contributed by atoms with Crippen molar-refractivity contribution in [1.29, 1.82) is 0 Å². The Balaban J connectivity index is 1.58. The van der Waals surface area contributed by atoms with E-state index in [0.29, 0.717) is 5.38 Å². The Kier molecular flexibility index (Phi) is 3.26. The number of likely N-dealkylation sites (tertiary alicyclic amines) is 1. The molecule has 0 bridgehead atoms. The van der Waals surface area contributed by atoms with Gasteiger partial charge >= 0.3 is 0 Å². The Morgan fingerprint density at radius 2 is 2.35 bits per heavy atom. The van der Waals surface area contributed by atoms with Gasteiger partial charge in [0.25, 0.3) is 0 Å². The molecule has 0 saturated carbocycles. The normalized spacial score (nSPS) is 23.7. The summed E-state index contributed by atoms with van der Waals surface area (Å²) < 4.78 is 5.52. The Labute approximate surface area is 108 Å². The van der Waals surface area contributed by atoms with Gasteiger partial charge in [0.1, 0.15) is 5.75 Å². The zero-order valence-corrected chi connectivity index (χ0v) is 10.7. The Morgan fingerprint density at radius 1 is 1.41 bits per heavy atom. The Morgan fingerprint density at radius 3 is 3.18 bits per heavy atom. The minimum absolute atomic E-state index is 0.364. The molecule has 0 aromatic heterocycles. The van der Waals surface area contributed by atoms with Crippen LogP contribution >= 0.6 is 11.6 Å². The summed E-state index contributed by atoms with van der Waals surface area (Å²) in [5.41, 5.74) is 2.80. The first-order valence-corrected chi connectivity index (χ1v) is 6.86. The van der Waals surface area contributed by atoms with E-state index < -0.39 is 0 Å². The fraction of sp³-hybridized carbons (Fsp3) is 0.571. The third-order valence-electron chi connectivity index (χ3n) is 3.69. The molecule has 3 rings (SSSR count). The molecule has 1 atom stereocenters. The van der Waals surface area contributed by atoms with Gasteiger partial charge in [0.05, 0.1) is 6.61 Å². The molecular formula is C14H18ClNO. The topological polar surface area (TPSA) is 12.5 Å². The maximum atomic E-state index is 6.11. The van der Waals surface area contributed by atoms with Crippen LogP contribution in [-0.4, -0.2) is 36.5 Å². The van der Waals surface area contributed by atoms with Crippen LogP contribution < -0.4 is 4.74 Å². The molecule has 1 aromatic rings. The highest BCUT2D eigenvalue weighted by Gasteiger charge is 2.20. The monoisotopic (exact) mass is 251 g/mol. The second-order valence-corrected chi connectivity index (χ2v) is 5.59. The van der Waals surface area contributed by atoms with Gasteiger partial charge in [-0.15, -0.1) is 11.6 Å². The number of halogens is 1. The molecule has 0 amide bonds. The maximum absolute atomic E-state index is 6.11. The summed E-state index contributed by atoms with van der Waals surface area (Å²) in [4.78, 5) is 2.46. The lowest BCUT2D eigenvalue weighted by Gasteiger charge is -2.14. The van der Waals surface area contributed by atoms with Crippen LogP contribution in [0, 0.1) is 0 Å². The quantitative estimate of drug-likeness (QED) is 0.766. The largest absolute Gasteiger partial charge is 0.493 e. The fourth-order valence-corrected chi connectivity index (χ4v) is 2.96. The number of fused-ring (bicyclic) bond motifs is 1. The summed E-state index contributed by atoms with van der Waals surface area (Å²) in [6.07, 6.45) is 3.33. The van der Waals surface area contributed by atoms with Crippen molar-refractivity contribution in [3.63, 3.8) is 0 Å². The van der Waals surface area contributed by atoms with Gasteiger partial charge in [-0.1, -0.05) is 12.1 Å². The summed E-state index contributed by atoms with van der Waals surface area (Å²) >= 11 is 6.11. The molecular weight excluding hydrogens is 234 g/mol. The van der Waals surface area contributed by atoms with Gasteiger partial charge in [-0.2, -0.15) is 0 Å². The van der Waals surface area contributed by atoms with Gasteiger partial charge < -0.3 is 9.64 Å². The lowest BCUT2D eigenvalue weighted by Crippen LogP contribution is -2.23.